The number of amides is 4. The maximum atomic E-state index is 13.5. The summed E-state index contributed by atoms with van der Waals surface area (Å²) in [4.78, 5) is 57.9. The van der Waals surface area contributed by atoms with Gasteiger partial charge in [0.15, 0.2) is 0 Å². The second-order valence-electron chi connectivity index (χ2n) is 17.5. The number of carbonyl (C=O) groups is 4. The number of likely N-dealkylation sites (tertiary alicyclic amines) is 1. The molecule has 4 heterocycles. The molecule has 1 aliphatic carbocycles. The minimum Gasteiger partial charge on any atom is -0.490 e. The molecule has 14 nitrogen and oxygen atoms in total. The number of rotatable bonds is 12. The first-order valence-corrected chi connectivity index (χ1v) is 20.9. The maximum absolute atomic E-state index is 13.5. The first kappa shape index (κ1) is 41.0. The summed E-state index contributed by atoms with van der Waals surface area (Å²) in [6.45, 7) is 18.7. The van der Waals surface area contributed by atoms with Gasteiger partial charge in [-0.1, -0.05) is 50.6 Å². The standard InChI is InChI=1S/C45H49ClN8O6/c1-44(2)42(45(3,4)43(44)60-33-13-15-36(47-5)35(46)24-33)49-39(56)27-8-10-30(11-9-27)54-26-29(50-51-54)7-6-20-52-21-18-31(19-22-52)59-32-12-14-34-28(23-32)25-53(41(34)58)37-16-17-38(55)48-40(37)57/h8-15,23-24,26,31,37,42-43H,6-7,16-22,25H2,1-4H3,(H,49,56)(H,48,55,57). The van der Waals surface area contributed by atoms with Gasteiger partial charge in [0.05, 0.1) is 29.2 Å². The molecule has 1 unspecified atom stereocenters. The highest BCUT2D eigenvalue weighted by molar-refractivity contribution is 6.33. The van der Waals surface area contributed by atoms with Gasteiger partial charge in [-0.15, -0.1) is 5.10 Å². The van der Waals surface area contributed by atoms with Crippen LogP contribution in [0.25, 0.3) is 10.5 Å². The number of carbonyl (C=O) groups excluding carboxylic acids is 4. The van der Waals surface area contributed by atoms with Crippen molar-refractivity contribution < 1.29 is 28.7 Å². The highest BCUT2D eigenvalue weighted by Gasteiger charge is 2.64. The van der Waals surface area contributed by atoms with E-state index in [1.807, 2.05) is 30.5 Å². The third-order valence-corrected chi connectivity index (χ3v) is 12.9. The van der Waals surface area contributed by atoms with E-state index in [2.05, 4.69) is 58.4 Å². The largest absolute Gasteiger partial charge is 0.490 e. The highest BCUT2D eigenvalue weighted by Crippen LogP contribution is 2.55. The topological polar surface area (TPSA) is 152 Å². The third kappa shape index (κ3) is 8.08. The Labute approximate surface area is 354 Å². The van der Waals surface area contributed by atoms with Crippen LogP contribution in [-0.4, -0.2) is 92.3 Å². The summed E-state index contributed by atoms with van der Waals surface area (Å²) in [5.41, 5.74) is 3.32. The average molecular weight is 833 g/mol. The molecular formula is C45H49ClN8O6. The van der Waals surface area contributed by atoms with Gasteiger partial charge < -0.3 is 24.6 Å². The fourth-order valence-corrected chi connectivity index (χ4v) is 9.87. The van der Waals surface area contributed by atoms with Crippen LogP contribution in [0.2, 0.25) is 5.02 Å². The average Bonchev–Trinajstić information content (AvgIpc) is 3.83. The Bertz CT molecular complexity index is 2350. The molecular weight excluding hydrogens is 784 g/mol. The number of nitrogens with zero attached hydrogens (tertiary/aromatic N) is 6. The lowest BCUT2D eigenvalue weighted by Crippen LogP contribution is -2.74. The van der Waals surface area contributed by atoms with Gasteiger partial charge in [-0.25, -0.2) is 9.53 Å². The molecule has 8 rings (SSSR count). The Balaban J connectivity index is 0.768. The smallest absolute Gasteiger partial charge is 0.255 e. The van der Waals surface area contributed by atoms with Crippen molar-refractivity contribution in [2.24, 2.45) is 10.8 Å². The predicted molar refractivity (Wildman–Crippen MR) is 223 cm³/mol. The minimum atomic E-state index is -0.635. The monoisotopic (exact) mass is 832 g/mol. The van der Waals surface area contributed by atoms with E-state index in [0.29, 0.717) is 40.6 Å². The van der Waals surface area contributed by atoms with Crippen LogP contribution >= 0.6 is 11.6 Å². The second-order valence-corrected chi connectivity index (χ2v) is 17.9. The first-order valence-electron chi connectivity index (χ1n) is 20.5. The molecule has 0 radical (unpaired) electrons. The first-order chi connectivity index (χ1) is 28.7. The Kier molecular flexibility index (Phi) is 11.2. The molecule has 312 valence electrons. The Morgan fingerprint density at radius 3 is 2.38 bits per heavy atom. The predicted octanol–water partition coefficient (Wildman–Crippen LogP) is 6.32. The lowest BCUT2D eigenvalue weighted by molar-refractivity contribution is -0.164. The fourth-order valence-electron chi connectivity index (χ4n) is 9.66. The lowest BCUT2D eigenvalue weighted by Gasteiger charge is -2.63. The van der Waals surface area contributed by atoms with Gasteiger partial charge in [0.25, 0.3) is 11.8 Å². The SMILES string of the molecule is [C-]#[N+]c1ccc(OC2C(C)(C)C(NC(=O)c3ccc(-n4cc(CCCN5CCC(Oc6ccc7c(c6)CN(C6CCC(=O)NC6=O)C7=O)CC5)nn4)cc3)C2(C)C)cc1Cl. The summed E-state index contributed by atoms with van der Waals surface area (Å²) < 4.78 is 14.5. The zero-order valence-corrected chi connectivity index (χ0v) is 35.0. The van der Waals surface area contributed by atoms with Crippen LogP contribution in [0.5, 0.6) is 11.5 Å². The van der Waals surface area contributed by atoms with Gasteiger partial charge in [0.2, 0.25) is 17.5 Å². The number of hydrogen-bond acceptors (Lipinski definition) is 9. The van der Waals surface area contributed by atoms with Crippen molar-refractivity contribution in [3.63, 3.8) is 0 Å². The van der Waals surface area contributed by atoms with Crippen molar-refractivity contribution in [3.05, 3.63) is 106 Å². The van der Waals surface area contributed by atoms with Crippen molar-refractivity contribution in [3.8, 4) is 17.2 Å². The minimum absolute atomic E-state index is 0.0751. The Hall–Kier alpha value is -5.78. The zero-order chi connectivity index (χ0) is 42.3. The van der Waals surface area contributed by atoms with E-state index >= 15 is 0 Å². The lowest BCUT2D eigenvalue weighted by atomic mass is 9.49. The molecule has 2 saturated heterocycles. The van der Waals surface area contributed by atoms with Crippen molar-refractivity contribution in [1.29, 1.82) is 0 Å². The van der Waals surface area contributed by atoms with E-state index in [9.17, 15) is 19.2 Å². The molecule has 0 bridgehead atoms. The van der Waals surface area contributed by atoms with E-state index < -0.39 is 11.9 Å². The number of aromatic nitrogens is 3. The molecule has 1 aromatic heterocycles. The molecule has 4 aromatic rings. The fraction of sp³-hybridized carbons (Fsp3) is 0.444. The van der Waals surface area contributed by atoms with Crippen LogP contribution < -0.4 is 20.1 Å². The molecule has 1 saturated carbocycles. The molecule has 3 aromatic carbocycles. The molecule has 15 heteroatoms. The maximum Gasteiger partial charge on any atom is 0.255 e. The number of benzene rings is 3. The van der Waals surface area contributed by atoms with Gasteiger partial charge in [0, 0.05) is 54.1 Å². The van der Waals surface area contributed by atoms with Gasteiger partial charge in [-0.05, 0) is 98.8 Å². The van der Waals surface area contributed by atoms with Crippen LogP contribution in [0, 0.1) is 17.4 Å². The third-order valence-electron chi connectivity index (χ3n) is 12.6. The van der Waals surface area contributed by atoms with Crippen LogP contribution in [0.15, 0.2) is 66.9 Å². The van der Waals surface area contributed by atoms with Crippen LogP contribution in [-0.2, 0) is 22.6 Å². The summed E-state index contributed by atoms with van der Waals surface area (Å²) in [6.07, 6.45) is 5.90. The van der Waals surface area contributed by atoms with Crippen LogP contribution in [0.4, 0.5) is 5.69 Å². The second kappa shape index (κ2) is 16.3. The summed E-state index contributed by atoms with van der Waals surface area (Å²) in [6, 6.07) is 17.2. The van der Waals surface area contributed by atoms with E-state index in [0.717, 1.165) is 68.0 Å². The Morgan fingerprint density at radius 1 is 0.967 bits per heavy atom. The van der Waals surface area contributed by atoms with Gasteiger partial charge in [0.1, 0.15) is 29.7 Å². The normalized spacial score (nSPS) is 22.4. The molecule has 0 spiro atoms. The summed E-state index contributed by atoms with van der Waals surface area (Å²) in [7, 11) is 0. The Morgan fingerprint density at radius 2 is 1.68 bits per heavy atom. The molecule has 4 amide bonds. The zero-order valence-electron chi connectivity index (χ0n) is 34.2. The molecule has 3 fully saturated rings. The number of nitrogens with one attached hydrogen (secondary N) is 2. The van der Waals surface area contributed by atoms with Gasteiger partial charge >= 0.3 is 0 Å². The van der Waals surface area contributed by atoms with Crippen LogP contribution in [0.3, 0.4) is 0 Å². The van der Waals surface area contributed by atoms with Crippen LogP contribution in [0.1, 0.15) is 91.8 Å². The molecule has 4 aliphatic rings. The summed E-state index contributed by atoms with van der Waals surface area (Å²) in [5, 5.41) is 14.7. The van der Waals surface area contributed by atoms with E-state index in [1.165, 1.54) is 0 Å². The number of piperidine rings is 2. The van der Waals surface area contributed by atoms with Crippen molar-refractivity contribution in [2.75, 3.05) is 19.6 Å². The van der Waals surface area contributed by atoms with Crippen molar-refractivity contribution >= 4 is 40.9 Å². The van der Waals surface area contributed by atoms with E-state index in [-0.39, 0.29) is 53.2 Å². The van der Waals surface area contributed by atoms with Gasteiger partial charge in [-0.3, -0.25) is 24.5 Å². The quantitative estimate of drug-likeness (QED) is 0.123. The number of hydrogen-bond donors (Lipinski definition) is 2. The van der Waals surface area contributed by atoms with Crippen molar-refractivity contribution in [1.82, 2.24) is 35.4 Å². The molecule has 60 heavy (non-hydrogen) atoms. The van der Waals surface area contributed by atoms with E-state index in [4.69, 9.17) is 27.6 Å². The molecule has 2 N–H and O–H groups in total. The highest BCUT2D eigenvalue weighted by atomic mass is 35.5. The number of aryl methyl sites for hydroxylation is 1. The van der Waals surface area contributed by atoms with Gasteiger partial charge in [-0.2, -0.15) is 0 Å². The van der Waals surface area contributed by atoms with Crippen molar-refractivity contribution in [2.45, 2.75) is 97.1 Å². The number of fused-ring (bicyclic) bond motifs is 1. The summed E-state index contributed by atoms with van der Waals surface area (Å²) in [5.74, 6) is 0.257. The molecule has 3 aliphatic heterocycles. The summed E-state index contributed by atoms with van der Waals surface area (Å²) >= 11 is 6.25. The number of imide groups is 1. The number of ether oxygens (including phenoxy) is 2. The number of halogens is 1. The molecule has 1 atom stereocenters. The van der Waals surface area contributed by atoms with E-state index in [1.54, 1.807) is 46.0 Å².